The van der Waals surface area contributed by atoms with Crippen molar-refractivity contribution in [3.63, 3.8) is 0 Å². The van der Waals surface area contributed by atoms with Gasteiger partial charge in [-0.15, -0.1) is 0 Å². The van der Waals surface area contributed by atoms with Gasteiger partial charge in [-0.05, 0) is 44.4 Å². The summed E-state index contributed by atoms with van der Waals surface area (Å²) in [7, 11) is 0. The zero-order valence-corrected chi connectivity index (χ0v) is 11.9. The number of pyridine rings is 1. The number of aryl methyl sites for hydroxylation is 2. The lowest BCUT2D eigenvalue weighted by Gasteiger charge is -2.08. The molecule has 0 bridgehead atoms. The summed E-state index contributed by atoms with van der Waals surface area (Å²) in [6.07, 6.45) is 4.43. The number of halogens is 1. The van der Waals surface area contributed by atoms with Gasteiger partial charge in [-0.25, -0.2) is 9.67 Å². The van der Waals surface area contributed by atoms with Crippen LogP contribution in [0.25, 0.3) is 5.82 Å². The Kier molecular flexibility index (Phi) is 3.29. The largest absolute Gasteiger partial charge is 0.310 e. The maximum absolute atomic E-state index is 6.32. The zero-order chi connectivity index (χ0) is 13.4. The zero-order valence-electron chi connectivity index (χ0n) is 11.2. The molecular formula is C14H17ClN4. The Balaban J connectivity index is 1.84. The van der Waals surface area contributed by atoms with E-state index in [-0.39, 0.29) is 0 Å². The first kappa shape index (κ1) is 12.6. The highest BCUT2D eigenvalue weighted by molar-refractivity contribution is 6.32. The van der Waals surface area contributed by atoms with Crippen LogP contribution in [0.4, 0.5) is 0 Å². The van der Waals surface area contributed by atoms with E-state index in [0.29, 0.717) is 16.9 Å². The first-order valence-corrected chi connectivity index (χ1v) is 6.93. The summed E-state index contributed by atoms with van der Waals surface area (Å²) < 4.78 is 1.79. The van der Waals surface area contributed by atoms with Gasteiger partial charge in [-0.3, -0.25) is 0 Å². The van der Waals surface area contributed by atoms with Gasteiger partial charge >= 0.3 is 0 Å². The molecule has 0 aliphatic heterocycles. The van der Waals surface area contributed by atoms with E-state index >= 15 is 0 Å². The average molecular weight is 277 g/mol. The molecular weight excluding hydrogens is 260 g/mol. The van der Waals surface area contributed by atoms with Gasteiger partial charge in [0.1, 0.15) is 0 Å². The summed E-state index contributed by atoms with van der Waals surface area (Å²) in [5, 5.41) is 8.50. The van der Waals surface area contributed by atoms with E-state index in [4.69, 9.17) is 11.6 Å². The number of hydrogen-bond acceptors (Lipinski definition) is 3. The topological polar surface area (TPSA) is 42.7 Å². The van der Waals surface area contributed by atoms with Gasteiger partial charge in [0, 0.05) is 24.5 Å². The van der Waals surface area contributed by atoms with Gasteiger partial charge < -0.3 is 5.32 Å². The number of aromatic nitrogens is 3. The SMILES string of the molecule is Cc1cc(C)n(-c2ncc(CNC3CC3)cc2Cl)n1. The van der Waals surface area contributed by atoms with Crippen molar-refractivity contribution >= 4 is 11.6 Å². The van der Waals surface area contributed by atoms with Gasteiger partial charge in [0.15, 0.2) is 5.82 Å². The highest BCUT2D eigenvalue weighted by Gasteiger charge is 2.20. The van der Waals surface area contributed by atoms with Crippen molar-refractivity contribution in [1.82, 2.24) is 20.1 Å². The van der Waals surface area contributed by atoms with Crippen molar-refractivity contribution < 1.29 is 0 Å². The molecule has 1 aliphatic carbocycles. The van der Waals surface area contributed by atoms with Crippen LogP contribution in [0.15, 0.2) is 18.3 Å². The molecule has 0 amide bonds. The molecule has 0 saturated heterocycles. The van der Waals surface area contributed by atoms with Crippen molar-refractivity contribution in [3.8, 4) is 5.82 Å². The van der Waals surface area contributed by atoms with Crippen LogP contribution in [-0.2, 0) is 6.54 Å². The van der Waals surface area contributed by atoms with E-state index < -0.39 is 0 Å². The monoisotopic (exact) mass is 276 g/mol. The van der Waals surface area contributed by atoms with Crippen LogP contribution >= 0.6 is 11.6 Å². The third-order valence-corrected chi connectivity index (χ3v) is 3.54. The number of hydrogen-bond donors (Lipinski definition) is 1. The molecule has 2 heterocycles. The Hall–Kier alpha value is -1.39. The minimum absolute atomic E-state index is 0.640. The fourth-order valence-corrected chi connectivity index (χ4v) is 2.38. The lowest BCUT2D eigenvalue weighted by atomic mass is 10.2. The minimum Gasteiger partial charge on any atom is -0.310 e. The summed E-state index contributed by atoms with van der Waals surface area (Å²) in [6.45, 7) is 4.79. The summed E-state index contributed by atoms with van der Waals surface area (Å²) in [5.74, 6) is 0.697. The van der Waals surface area contributed by atoms with Crippen LogP contribution in [0, 0.1) is 13.8 Å². The molecule has 1 fully saturated rings. The molecule has 2 aromatic rings. The molecule has 0 atom stereocenters. The van der Waals surface area contributed by atoms with E-state index in [1.807, 2.05) is 32.2 Å². The molecule has 5 heteroatoms. The molecule has 2 aromatic heterocycles. The van der Waals surface area contributed by atoms with Crippen molar-refractivity contribution in [2.24, 2.45) is 0 Å². The van der Waals surface area contributed by atoms with E-state index in [1.54, 1.807) is 4.68 Å². The smallest absolute Gasteiger partial charge is 0.172 e. The van der Waals surface area contributed by atoms with E-state index in [9.17, 15) is 0 Å². The standard InChI is InChI=1S/C14H17ClN4/c1-9-5-10(2)19(18-9)14-13(15)6-11(8-17-14)7-16-12-3-4-12/h5-6,8,12,16H,3-4,7H2,1-2H3. The molecule has 1 aliphatic rings. The minimum atomic E-state index is 0.640. The molecule has 1 saturated carbocycles. The maximum atomic E-state index is 6.32. The predicted molar refractivity (Wildman–Crippen MR) is 75.7 cm³/mol. The Morgan fingerprint density at radius 3 is 2.74 bits per heavy atom. The molecule has 0 unspecified atom stereocenters. The Morgan fingerprint density at radius 1 is 1.37 bits per heavy atom. The summed E-state index contributed by atoms with van der Waals surface area (Å²) in [5.41, 5.74) is 3.12. The van der Waals surface area contributed by atoms with Gasteiger partial charge in [0.05, 0.1) is 10.7 Å². The van der Waals surface area contributed by atoms with Crippen molar-refractivity contribution in [1.29, 1.82) is 0 Å². The fraction of sp³-hybridized carbons (Fsp3) is 0.429. The average Bonchev–Trinajstić information content (AvgIpc) is 3.12. The third-order valence-electron chi connectivity index (χ3n) is 3.26. The second-order valence-corrected chi connectivity index (χ2v) is 5.55. The molecule has 3 rings (SSSR count). The summed E-state index contributed by atoms with van der Waals surface area (Å²) >= 11 is 6.32. The van der Waals surface area contributed by atoms with Crippen LogP contribution in [0.1, 0.15) is 29.8 Å². The molecule has 0 spiro atoms. The molecule has 0 radical (unpaired) electrons. The Labute approximate surface area is 117 Å². The van der Waals surface area contributed by atoms with Crippen LogP contribution in [-0.4, -0.2) is 20.8 Å². The van der Waals surface area contributed by atoms with Gasteiger partial charge in [0.25, 0.3) is 0 Å². The quantitative estimate of drug-likeness (QED) is 0.934. The van der Waals surface area contributed by atoms with Crippen molar-refractivity contribution in [2.45, 2.75) is 39.3 Å². The van der Waals surface area contributed by atoms with Crippen LogP contribution in [0.5, 0.6) is 0 Å². The number of rotatable bonds is 4. The second kappa shape index (κ2) is 4.94. The first-order chi connectivity index (χ1) is 9.13. The molecule has 4 nitrogen and oxygen atoms in total. The highest BCUT2D eigenvalue weighted by atomic mass is 35.5. The number of nitrogens with zero attached hydrogens (tertiary/aromatic N) is 3. The van der Waals surface area contributed by atoms with E-state index in [1.165, 1.54) is 12.8 Å². The predicted octanol–water partition coefficient (Wildman–Crippen LogP) is 2.79. The van der Waals surface area contributed by atoms with Crippen molar-refractivity contribution in [3.05, 3.63) is 40.3 Å². The Bertz CT molecular complexity index is 601. The number of nitrogens with one attached hydrogen (secondary N) is 1. The van der Waals surface area contributed by atoms with Gasteiger partial charge in [-0.1, -0.05) is 11.6 Å². The van der Waals surface area contributed by atoms with E-state index in [2.05, 4.69) is 15.4 Å². The maximum Gasteiger partial charge on any atom is 0.172 e. The van der Waals surface area contributed by atoms with E-state index in [0.717, 1.165) is 23.5 Å². The van der Waals surface area contributed by atoms with Crippen LogP contribution in [0.2, 0.25) is 5.02 Å². The van der Waals surface area contributed by atoms with Gasteiger partial charge in [-0.2, -0.15) is 5.10 Å². The fourth-order valence-electron chi connectivity index (χ4n) is 2.12. The molecule has 0 aromatic carbocycles. The first-order valence-electron chi connectivity index (χ1n) is 6.55. The summed E-state index contributed by atoms with van der Waals surface area (Å²) in [6, 6.07) is 4.67. The van der Waals surface area contributed by atoms with Crippen LogP contribution in [0.3, 0.4) is 0 Å². The third kappa shape index (κ3) is 2.80. The second-order valence-electron chi connectivity index (χ2n) is 5.14. The molecule has 100 valence electrons. The summed E-state index contributed by atoms with van der Waals surface area (Å²) in [4.78, 5) is 4.45. The van der Waals surface area contributed by atoms with Crippen molar-refractivity contribution in [2.75, 3.05) is 0 Å². The lowest BCUT2D eigenvalue weighted by molar-refractivity contribution is 0.684. The lowest BCUT2D eigenvalue weighted by Crippen LogP contribution is -2.15. The molecule has 19 heavy (non-hydrogen) atoms. The Morgan fingerprint density at radius 2 is 2.16 bits per heavy atom. The molecule has 1 N–H and O–H groups in total. The van der Waals surface area contributed by atoms with Gasteiger partial charge in [0.2, 0.25) is 0 Å². The van der Waals surface area contributed by atoms with Crippen LogP contribution < -0.4 is 5.32 Å². The normalized spacial score (nSPS) is 14.9. The highest BCUT2D eigenvalue weighted by Crippen LogP contribution is 2.22.